The normalized spacial score (nSPS) is 16.4. The van der Waals surface area contributed by atoms with Gasteiger partial charge >= 0.3 is 6.09 Å². The van der Waals surface area contributed by atoms with E-state index in [9.17, 15) is 23.5 Å². The minimum absolute atomic E-state index is 0.167. The first-order chi connectivity index (χ1) is 15.8. The maximum atomic E-state index is 13.3. The maximum Gasteiger partial charge on any atom is 0.407 e. The molecule has 1 aliphatic rings. The van der Waals surface area contributed by atoms with Gasteiger partial charge in [-0.1, -0.05) is 17.7 Å². The molecule has 0 aliphatic carbocycles. The fourth-order valence-corrected chi connectivity index (χ4v) is 4.15. The third-order valence-electron chi connectivity index (χ3n) is 5.54. The molecule has 2 aromatic heterocycles. The highest BCUT2D eigenvalue weighted by Gasteiger charge is 2.27. The molecule has 1 atom stereocenters. The summed E-state index contributed by atoms with van der Waals surface area (Å²) in [6, 6.07) is 7.38. The van der Waals surface area contributed by atoms with Crippen molar-refractivity contribution in [2.45, 2.75) is 19.0 Å². The molecule has 0 radical (unpaired) electrons. The molecule has 1 aliphatic heterocycles. The maximum absolute atomic E-state index is 13.3. The van der Waals surface area contributed by atoms with E-state index in [1.807, 2.05) is 0 Å². The van der Waals surface area contributed by atoms with E-state index >= 15 is 0 Å². The predicted molar refractivity (Wildman–Crippen MR) is 117 cm³/mol. The summed E-state index contributed by atoms with van der Waals surface area (Å²) in [5.74, 6) is -0.301. The average molecular weight is 479 g/mol. The van der Waals surface area contributed by atoms with Gasteiger partial charge in [-0.15, -0.1) is 0 Å². The third-order valence-corrected chi connectivity index (χ3v) is 5.86. The molecule has 11 heteroatoms. The number of pyridine rings is 1. The van der Waals surface area contributed by atoms with Crippen LogP contribution >= 0.6 is 11.6 Å². The summed E-state index contributed by atoms with van der Waals surface area (Å²) in [4.78, 5) is 29.2. The number of ether oxygens (including phenoxy) is 1. The summed E-state index contributed by atoms with van der Waals surface area (Å²) in [6.07, 6.45) is -2.35. The molecule has 3 heterocycles. The number of alkyl halides is 2. The second-order valence-corrected chi connectivity index (χ2v) is 8.00. The Balaban J connectivity index is 1.79. The van der Waals surface area contributed by atoms with Crippen LogP contribution in [0.25, 0.3) is 16.9 Å². The molecule has 174 valence electrons. The number of carbonyl (C=O) groups is 2. The molecule has 1 unspecified atom stereocenters. The van der Waals surface area contributed by atoms with E-state index in [-0.39, 0.29) is 42.6 Å². The Morgan fingerprint density at radius 3 is 2.79 bits per heavy atom. The van der Waals surface area contributed by atoms with Crippen LogP contribution in [0, 0.1) is 0 Å². The van der Waals surface area contributed by atoms with E-state index < -0.39 is 18.6 Å². The van der Waals surface area contributed by atoms with Crippen LogP contribution in [0.1, 0.15) is 28.0 Å². The standard InChI is InChI=1S/C22H21ClF2N4O4/c1-26-21(30)13-2-3-15(16(23)8-13)19-17(10-14-11-28(22(31)32)6-7-33-14)29-5-4-12(20(24)25)9-18(29)27-19/h2-5,8-9,14,20H,6-7,10-11H2,1H3,(H,26,30)(H,31,32). The van der Waals surface area contributed by atoms with E-state index in [0.29, 0.717) is 28.2 Å². The summed E-state index contributed by atoms with van der Waals surface area (Å²) in [7, 11) is 1.51. The molecule has 33 heavy (non-hydrogen) atoms. The van der Waals surface area contributed by atoms with Gasteiger partial charge in [0.05, 0.1) is 35.7 Å². The summed E-state index contributed by atoms with van der Waals surface area (Å²) >= 11 is 6.49. The number of hydrogen-bond donors (Lipinski definition) is 2. The van der Waals surface area contributed by atoms with Gasteiger partial charge in [0.1, 0.15) is 5.65 Å². The summed E-state index contributed by atoms with van der Waals surface area (Å²) in [6.45, 7) is 0.691. The fraction of sp³-hybridized carbons (Fsp3) is 0.318. The number of aromatic nitrogens is 2. The van der Waals surface area contributed by atoms with E-state index in [2.05, 4.69) is 10.3 Å². The van der Waals surface area contributed by atoms with Gasteiger partial charge in [-0.05, 0) is 24.3 Å². The van der Waals surface area contributed by atoms with E-state index in [1.165, 1.54) is 36.3 Å². The fourth-order valence-electron chi connectivity index (χ4n) is 3.88. The van der Waals surface area contributed by atoms with Crippen molar-refractivity contribution >= 4 is 29.2 Å². The summed E-state index contributed by atoms with van der Waals surface area (Å²) in [5.41, 5.74) is 2.10. The topological polar surface area (TPSA) is 96.2 Å². The van der Waals surface area contributed by atoms with Crippen molar-refractivity contribution in [3.63, 3.8) is 0 Å². The number of rotatable bonds is 5. The number of nitrogens with zero attached hydrogens (tertiary/aromatic N) is 3. The molecular formula is C22H21ClF2N4O4. The SMILES string of the molecule is CNC(=O)c1ccc(-c2nc3cc(C(F)F)ccn3c2CC2CN(C(=O)O)CCO2)c(Cl)c1. The first-order valence-corrected chi connectivity index (χ1v) is 10.6. The van der Waals surface area contributed by atoms with Gasteiger partial charge in [-0.2, -0.15) is 0 Å². The lowest BCUT2D eigenvalue weighted by Crippen LogP contribution is -2.45. The van der Waals surface area contributed by atoms with Crippen LogP contribution in [0.4, 0.5) is 13.6 Å². The zero-order chi connectivity index (χ0) is 23.7. The first-order valence-electron chi connectivity index (χ1n) is 10.2. The van der Waals surface area contributed by atoms with Crippen LogP contribution < -0.4 is 5.32 Å². The van der Waals surface area contributed by atoms with Gasteiger partial charge in [0.2, 0.25) is 0 Å². The molecule has 0 saturated carbocycles. The van der Waals surface area contributed by atoms with Gasteiger partial charge in [0.15, 0.2) is 0 Å². The number of fused-ring (bicyclic) bond motifs is 1. The quantitative estimate of drug-likeness (QED) is 0.580. The first kappa shape index (κ1) is 22.9. The number of carbonyl (C=O) groups excluding carboxylic acids is 1. The largest absolute Gasteiger partial charge is 0.465 e. The third kappa shape index (κ3) is 4.62. The number of halogens is 3. The van der Waals surface area contributed by atoms with Crippen molar-refractivity contribution in [1.82, 2.24) is 19.6 Å². The van der Waals surface area contributed by atoms with Gasteiger partial charge in [0, 0.05) is 42.9 Å². The predicted octanol–water partition coefficient (Wildman–Crippen LogP) is 3.87. The Morgan fingerprint density at radius 2 is 2.12 bits per heavy atom. The molecule has 2 amide bonds. The van der Waals surface area contributed by atoms with E-state index in [4.69, 9.17) is 16.3 Å². The Morgan fingerprint density at radius 1 is 1.33 bits per heavy atom. The molecule has 8 nitrogen and oxygen atoms in total. The minimum atomic E-state index is -2.65. The van der Waals surface area contributed by atoms with Crippen LogP contribution in [0.2, 0.25) is 5.02 Å². The van der Waals surface area contributed by atoms with Crippen molar-refractivity contribution in [3.05, 3.63) is 58.4 Å². The molecule has 3 aromatic rings. The van der Waals surface area contributed by atoms with Crippen molar-refractivity contribution < 1.29 is 28.2 Å². The van der Waals surface area contributed by atoms with Gasteiger partial charge in [-0.3, -0.25) is 4.79 Å². The van der Waals surface area contributed by atoms with Crippen LogP contribution in [-0.2, 0) is 11.2 Å². The number of benzene rings is 1. The number of hydrogen-bond acceptors (Lipinski definition) is 4. The van der Waals surface area contributed by atoms with Crippen molar-refractivity contribution in [2.75, 3.05) is 26.7 Å². The summed E-state index contributed by atoms with van der Waals surface area (Å²) < 4.78 is 34.0. The monoisotopic (exact) mass is 478 g/mol. The second kappa shape index (κ2) is 9.32. The van der Waals surface area contributed by atoms with Crippen LogP contribution in [0.3, 0.4) is 0 Å². The lowest BCUT2D eigenvalue weighted by Gasteiger charge is -2.31. The molecule has 0 bridgehead atoms. The van der Waals surface area contributed by atoms with Crippen LogP contribution in [0.5, 0.6) is 0 Å². The highest BCUT2D eigenvalue weighted by molar-refractivity contribution is 6.33. The number of carboxylic acid groups (broad SMARTS) is 1. The Hall–Kier alpha value is -3.24. The lowest BCUT2D eigenvalue weighted by molar-refractivity contribution is -0.0214. The van der Waals surface area contributed by atoms with Crippen LogP contribution in [-0.4, -0.2) is 64.2 Å². The van der Waals surface area contributed by atoms with Crippen LogP contribution in [0.15, 0.2) is 36.5 Å². The number of amides is 2. The molecule has 1 aromatic carbocycles. The zero-order valence-corrected chi connectivity index (χ0v) is 18.4. The average Bonchev–Trinajstić information content (AvgIpc) is 3.15. The van der Waals surface area contributed by atoms with Gasteiger partial charge in [0.25, 0.3) is 12.3 Å². The molecule has 1 fully saturated rings. The highest BCUT2D eigenvalue weighted by atomic mass is 35.5. The molecular weight excluding hydrogens is 458 g/mol. The van der Waals surface area contributed by atoms with Crippen molar-refractivity contribution in [3.8, 4) is 11.3 Å². The Bertz CT molecular complexity index is 1220. The second-order valence-electron chi connectivity index (χ2n) is 7.60. The molecule has 4 rings (SSSR count). The molecule has 1 saturated heterocycles. The minimum Gasteiger partial charge on any atom is -0.465 e. The van der Waals surface area contributed by atoms with Crippen molar-refractivity contribution in [1.29, 1.82) is 0 Å². The summed E-state index contributed by atoms with van der Waals surface area (Å²) in [5, 5.41) is 12.1. The van der Waals surface area contributed by atoms with Gasteiger partial charge in [-0.25, -0.2) is 18.6 Å². The smallest absolute Gasteiger partial charge is 0.407 e. The zero-order valence-electron chi connectivity index (χ0n) is 17.6. The number of imidazole rings is 1. The number of nitrogens with one attached hydrogen (secondary N) is 1. The van der Waals surface area contributed by atoms with Gasteiger partial charge < -0.3 is 24.5 Å². The van der Waals surface area contributed by atoms with E-state index in [0.717, 1.165) is 0 Å². The molecule has 2 N–H and O–H groups in total. The van der Waals surface area contributed by atoms with Crippen molar-refractivity contribution in [2.24, 2.45) is 0 Å². The Kier molecular flexibility index (Phi) is 6.48. The van der Waals surface area contributed by atoms with E-state index in [1.54, 1.807) is 16.5 Å². The lowest BCUT2D eigenvalue weighted by atomic mass is 10.0. The molecule has 0 spiro atoms. The Labute approximate surface area is 192 Å². The highest BCUT2D eigenvalue weighted by Crippen LogP contribution is 2.33. The number of morpholine rings is 1.